The molecule has 5 rings (SSSR count). The van der Waals surface area contributed by atoms with Crippen LogP contribution in [0.1, 0.15) is 33.0 Å². The van der Waals surface area contributed by atoms with Crippen molar-refractivity contribution in [3.8, 4) is 5.75 Å². The minimum atomic E-state index is -0.511. The standard InChI is InChI=1S/C31H26N2O5/c1-37-31(36)24-14-8-9-21(17-24)19-33-26-18-25(15-16-27(26)38-20-28(33)34)32-30(35)29(22-10-4-2-5-11-22)23-12-6-3-7-13-23/h2-18,29H,19-20H2,1H3,(H,32,35). The smallest absolute Gasteiger partial charge is 0.337 e. The van der Waals surface area contributed by atoms with Crippen LogP contribution in [0.4, 0.5) is 11.4 Å². The Morgan fingerprint density at radius 2 is 1.58 bits per heavy atom. The van der Waals surface area contributed by atoms with Gasteiger partial charge in [0.2, 0.25) is 5.91 Å². The third-order valence-corrected chi connectivity index (χ3v) is 6.39. The number of methoxy groups -OCH3 is 1. The van der Waals surface area contributed by atoms with Gasteiger partial charge in [0.1, 0.15) is 5.75 Å². The molecule has 0 aliphatic carbocycles. The van der Waals surface area contributed by atoms with Crippen molar-refractivity contribution >= 4 is 29.2 Å². The van der Waals surface area contributed by atoms with E-state index in [-0.39, 0.29) is 25.0 Å². The van der Waals surface area contributed by atoms with Crippen molar-refractivity contribution in [2.45, 2.75) is 12.5 Å². The van der Waals surface area contributed by atoms with Crippen molar-refractivity contribution < 1.29 is 23.9 Å². The second kappa shape index (κ2) is 11.0. The molecule has 0 fully saturated rings. The number of nitrogens with zero attached hydrogens (tertiary/aromatic N) is 1. The van der Waals surface area contributed by atoms with Gasteiger partial charge < -0.3 is 19.7 Å². The fourth-order valence-electron chi connectivity index (χ4n) is 4.55. The lowest BCUT2D eigenvalue weighted by molar-refractivity contribution is -0.121. The molecule has 0 saturated heterocycles. The Kier molecular flexibility index (Phi) is 7.17. The van der Waals surface area contributed by atoms with Gasteiger partial charge in [-0.25, -0.2) is 4.79 Å². The minimum Gasteiger partial charge on any atom is -0.482 e. The number of hydrogen-bond acceptors (Lipinski definition) is 5. The number of fused-ring (bicyclic) bond motifs is 1. The summed E-state index contributed by atoms with van der Waals surface area (Å²) >= 11 is 0. The normalized spacial score (nSPS) is 12.5. The molecule has 1 aliphatic heterocycles. The highest BCUT2D eigenvalue weighted by molar-refractivity contribution is 6.01. The van der Waals surface area contributed by atoms with E-state index in [2.05, 4.69) is 5.32 Å². The van der Waals surface area contributed by atoms with E-state index in [1.165, 1.54) is 7.11 Å². The third-order valence-electron chi connectivity index (χ3n) is 6.39. The number of carbonyl (C=O) groups excluding carboxylic acids is 3. The van der Waals surface area contributed by atoms with Crippen molar-refractivity contribution in [3.63, 3.8) is 0 Å². The molecule has 0 unspecified atom stereocenters. The molecule has 0 aromatic heterocycles. The first-order chi connectivity index (χ1) is 18.5. The maximum Gasteiger partial charge on any atom is 0.337 e. The first-order valence-electron chi connectivity index (χ1n) is 12.2. The van der Waals surface area contributed by atoms with Gasteiger partial charge >= 0.3 is 5.97 Å². The summed E-state index contributed by atoms with van der Waals surface area (Å²) in [5.74, 6) is -0.839. The molecular weight excluding hydrogens is 480 g/mol. The van der Waals surface area contributed by atoms with E-state index in [4.69, 9.17) is 9.47 Å². The van der Waals surface area contributed by atoms with Crippen molar-refractivity contribution in [2.75, 3.05) is 23.9 Å². The number of benzene rings is 4. The molecule has 4 aromatic carbocycles. The zero-order valence-electron chi connectivity index (χ0n) is 20.8. The first-order valence-corrected chi connectivity index (χ1v) is 12.2. The van der Waals surface area contributed by atoms with Crippen LogP contribution in [0.3, 0.4) is 0 Å². The molecule has 190 valence electrons. The van der Waals surface area contributed by atoms with Gasteiger partial charge in [0.15, 0.2) is 6.61 Å². The van der Waals surface area contributed by atoms with Gasteiger partial charge in [0.05, 0.1) is 30.8 Å². The average Bonchev–Trinajstić information content (AvgIpc) is 2.95. The van der Waals surface area contributed by atoms with Crippen LogP contribution < -0.4 is 15.0 Å². The lowest BCUT2D eigenvalue weighted by Crippen LogP contribution is -2.38. The molecule has 0 bridgehead atoms. The van der Waals surface area contributed by atoms with E-state index in [0.29, 0.717) is 22.7 Å². The molecule has 2 amide bonds. The molecule has 7 nitrogen and oxygen atoms in total. The van der Waals surface area contributed by atoms with Gasteiger partial charge in [-0.05, 0) is 47.0 Å². The van der Waals surface area contributed by atoms with Crippen LogP contribution in [0, 0.1) is 0 Å². The van der Waals surface area contributed by atoms with Crippen molar-refractivity contribution in [3.05, 3.63) is 125 Å². The summed E-state index contributed by atoms with van der Waals surface area (Å²) in [4.78, 5) is 40.0. The lowest BCUT2D eigenvalue weighted by atomic mass is 9.90. The summed E-state index contributed by atoms with van der Waals surface area (Å²) in [5, 5.41) is 3.03. The van der Waals surface area contributed by atoms with Crippen molar-refractivity contribution in [1.82, 2.24) is 0 Å². The summed E-state index contributed by atoms with van der Waals surface area (Å²) in [6.45, 7) is 0.133. The van der Waals surface area contributed by atoms with Gasteiger partial charge in [0.25, 0.3) is 5.91 Å². The van der Waals surface area contributed by atoms with E-state index in [0.717, 1.165) is 16.7 Å². The van der Waals surface area contributed by atoms with Crippen LogP contribution >= 0.6 is 0 Å². The van der Waals surface area contributed by atoms with E-state index < -0.39 is 11.9 Å². The average molecular weight is 507 g/mol. The van der Waals surface area contributed by atoms with Crippen LogP contribution in [0.25, 0.3) is 0 Å². The maximum absolute atomic E-state index is 13.6. The van der Waals surface area contributed by atoms with Crippen molar-refractivity contribution in [1.29, 1.82) is 0 Å². The Hall–Kier alpha value is -4.91. The summed E-state index contributed by atoms with van der Waals surface area (Å²) in [5.41, 5.74) is 3.99. The molecule has 0 radical (unpaired) electrons. The summed E-state index contributed by atoms with van der Waals surface area (Å²) in [7, 11) is 1.33. The number of hydrogen-bond donors (Lipinski definition) is 1. The van der Waals surface area contributed by atoms with Crippen LogP contribution in [0.2, 0.25) is 0 Å². The molecule has 4 aromatic rings. The number of ether oxygens (including phenoxy) is 2. The predicted octanol–water partition coefficient (Wildman–Crippen LogP) is 5.17. The molecule has 0 spiro atoms. The molecule has 0 saturated carbocycles. The number of anilines is 2. The Bertz CT molecular complexity index is 1430. The number of rotatable bonds is 7. The fraction of sp³-hybridized carbons (Fsp3) is 0.129. The number of amides is 2. The largest absolute Gasteiger partial charge is 0.482 e. The van der Waals surface area contributed by atoms with Crippen LogP contribution in [-0.4, -0.2) is 31.5 Å². The maximum atomic E-state index is 13.6. The Morgan fingerprint density at radius 1 is 0.895 bits per heavy atom. The van der Waals surface area contributed by atoms with E-state index in [1.54, 1.807) is 41.3 Å². The van der Waals surface area contributed by atoms with Gasteiger partial charge in [-0.15, -0.1) is 0 Å². The van der Waals surface area contributed by atoms with Gasteiger partial charge in [-0.1, -0.05) is 72.8 Å². The Morgan fingerprint density at radius 3 is 2.24 bits per heavy atom. The van der Waals surface area contributed by atoms with Gasteiger partial charge in [-0.2, -0.15) is 0 Å². The highest BCUT2D eigenvalue weighted by atomic mass is 16.5. The van der Waals surface area contributed by atoms with Crippen LogP contribution in [0.5, 0.6) is 5.75 Å². The second-order valence-electron chi connectivity index (χ2n) is 8.89. The van der Waals surface area contributed by atoms with Crippen LogP contribution in [0.15, 0.2) is 103 Å². The molecule has 1 aliphatic rings. The minimum absolute atomic E-state index is 0.0977. The van der Waals surface area contributed by atoms with E-state index in [1.807, 2.05) is 66.7 Å². The van der Waals surface area contributed by atoms with E-state index in [9.17, 15) is 14.4 Å². The number of nitrogens with one attached hydrogen (secondary N) is 1. The quantitative estimate of drug-likeness (QED) is 0.350. The fourth-order valence-corrected chi connectivity index (χ4v) is 4.55. The molecule has 1 N–H and O–H groups in total. The monoisotopic (exact) mass is 506 g/mol. The third kappa shape index (κ3) is 5.27. The van der Waals surface area contributed by atoms with Gasteiger partial charge in [0, 0.05) is 5.69 Å². The SMILES string of the molecule is COC(=O)c1cccc(CN2C(=O)COc3ccc(NC(=O)C(c4ccccc4)c4ccccc4)cc32)c1. The summed E-state index contributed by atoms with van der Waals surface area (Å²) in [6.07, 6.45) is 0. The molecule has 1 heterocycles. The first kappa shape index (κ1) is 24.8. The highest BCUT2D eigenvalue weighted by Gasteiger charge is 2.28. The highest BCUT2D eigenvalue weighted by Crippen LogP contribution is 2.36. The molecule has 7 heteroatoms. The lowest BCUT2D eigenvalue weighted by Gasteiger charge is -2.30. The topological polar surface area (TPSA) is 84.9 Å². The zero-order valence-corrected chi connectivity index (χ0v) is 20.8. The van der Waals surface area contributed by atoms with Crippen LogP contribution in [-0.2, 0) is 20.9 Å². The van der Waals surface area contributed by atoms with Gasteiger partial charge in [-0.3, -0.25) is 9.59 Å². The molecule has 38 heavy (non-hydrogen) atoms. The predicted molar refractivity (Wildman–Crippen MR) is 144 cm³/mol. The molecular formula is C31H26N2O5. The Labute approximate surface area is 220 Å². The number of esters is 1. The number of carbonyl (C=O) groups is 3. The summed E-state index contributed by atoms with van der Waals surface area (Å²) < 4.78 is 10.5. The second-order valence-corrected chi connectivity index (χ2v) is 8.89. The Balaban J connectivity index is 1.43. The molecule has 0 atom stereocenters. The summed E-state index contributed by atoms with van der Waals surface area (Å²) in [6, 6.07) is 31.4. The van der Waals surface area contributed by atoms with Crippen molar-refractivity contribution in [2.24, 2.45) is 0 Å². The zero-order chi connectivity index (χ0) is 26.5. The van der Waals surface area contributed by atoms with E-state index >= 15 is 0 Å².